The van der Waals surface area contributed by atoms with E-state index in [2.05, 4.69) is 21.1 Å². The monoisotopic (exact) mass is 320 g/mol. The zero-order chi connectivity index (χ0) is 13.7. The number of hydrogen-bond acceptors (Lipinski definition) is 3. The quantitative estimate of drug-likeness (QED) is 0.641. The number of imidazole rings is 1. The highest BCUT2D eigenvalue weighted by molar-refractivity contribution is 9.08. The van der Waals surface area contributed by atoms with Crippen LogP contribution in [-0.4, -0.2) is 21.2 Å². The third-order valence-corrected chi connectivity index (χ3v) is 3.07. The van der Waals surface area contributed by atoms with Gasteiger partial charge in [-0.05, 0) is 18.6 Å². The van der Waals surface area contributed by atoms with Gasteiger partial charge < -0.3 is 4.74 Å². The van der Waals surface area contributed by atoms with Gasteiger partial charge in [0.1, 0.15) is 6.33 Å². The van der Waals surface area contributed by atoms with Gasteiger partial charge in [-0.15, -0.1) is 0 Å². The summed E-state index contributed by atoms with van der Waals surface area (Å²) in [4.78, 5) is 15.2. The normalized spacial score (nSPS) is 10.8. The second kappa shape index (κ2) is 6.33. The molecule has 0 N–H and O–H groups in total. The Kier molecular flexibility index (Phi) is 4.52. The van der Waals surface area contributed by atoms with Gasteiger partial charge in [0, 0.05) is 11.6 Å². The van der Waals surface area contributed by atoms with Crippen LogP contribution in [0.15, 0.2) is 42.9 Å². The lowest BCUT2D eigenvalue weighted by Gasteiger charge is -2.01. The predicted molar refractivity (Wildman–Crippen MR) is 77.7 cm³/mol. The third kappa shape index (κ3) is 3.54. The molecule has 1 aromatic heterocycles. The van der Waals surface area contributed by atoms with E-state index in [1.54, 1.807) is 29.1 Å². The molecule has 1 heterocycles. The molecule has 0 fully saturated rings. The number of carbonyl (C=O) groups excluding carboxylic acids is 1. The fourth-order valence-electron chi connectivity index (χ4n) is 1.60. The number of carbonyl (C=O) groups is 1. The van der Waals surface area contributed by atoms with Crippen molar-refractivity contribution in [1.29, 1.82) is 0 Å². The molecular formula is C14H13BrN2O2. The minimum Gasteiger partial charge on any atom is -0.463 e. The van der Waals surface area contributed by atoms with Crippen molar-refractivity contribution in [3.8, 4) is 11.3 Å². The Labute approximate surface area is 120 Å². The van der Waals surface area contributed by atoms with Gasteiger partial charge in [0.2, 0.25) is 0 Å². The summed E-state index contributed by atoms with van der Waals surface area (Å²) in [6, 6.07) is 7.81. The van der Waals surface area contributed by atoms with Crippen molar-refractivity contribution in [2.45, 2.75) is 6.92 Å². The third-order valence-electron chi connectivity index (χ3n) is 2.50. The van der Waals surface area contributed by atoms with E-state index in [9.17, 15) is 4.79 Å². The fraction of sp³-hybridized carbons (Fsp3) is 0.143. The first-order chi connectivity index (χ1) is 9.20. The van der Waals surface area contributed by atoms with Crippen LogP contribution in [0.25, 0.3) is 17.3 Å². The molecule has 1 aromatic carbocycles. The van der Waals surface area contributed by atoms with E-state index >= 15 is 0 Å². The van der Waals surface area contributed by atoms with Crippen LogP contribution in [0.1, 0.15) is 12.5 Å². The van der Waals surface area contributed by atoms with Crippen molar-refractivity contribution in [3.63, 3.8) is 0 Å². The van der Waals surface area contributed by atoms with Gasteiger partial charge >= 0.3 is 5.97 Å². The topological polar surface area (TPSA) is 44.1 Å². The van der Waals surface area contributed by atoms with Gasteiger partial charge in [0.15, 0.2) is 0 Å². The van der Waals surface area contributed by atoms with Gasteiger partial charge in [-0.3, -0.25) is 3.59 Å². The highest BCUT2D eigenvalue weighted by atomic mass is 79.9. The predicted octanol–water partition coefficient (Wildman–Crippen LogP) is 3.28. The van der Waals surface area contributed by atoms with Crippen LogP contribution < -0.4 is 0 Å². The summed E-state index contributed by atoms with van der Waals surface area (Å²) in [6.07, 6.45) is 6.61. The van der Waals surface area contributed by atoms with Crippen molar-refractivity contribution < 1.29 is 9.53 Å². The molecule has 0 unspecified atom stereocenters. The molecule has 0 aliphatic heterocycles. The van der Waals surface area contributed by atoms with E-state index < -0.39 is 0 Å². The van der Waals surface area contributed by atoms with E-state index in [4.69, 9.17) is 4.74 Å². The van der Waals surface area contributed by atoms with Crippen LogP contribution in [0, 0.1) is 0 Å². The molecule has 0 bridgehead atoms. The smallest absolute Gasteiger partial charge is 0.330 e. The molecule has 2 aromatic rings. The molecule has 0 saturated heterocycles. The Morgan fingerprint density at radius 1 is 1.42 bits per heavy atom. The average Bonchev–Trinajstić information content (AvgIpc) is 2.84. The largest absolute Gasteiger partial charge is 0.463 e. The summed E-state index contributed by atoms with van der Waals surface area (Å²) in [6.45, 7) is 2.17. The molecule has 0 atom stereocenters. The van der Waals surface area contributed by atoms with Crippen LogP contribution >= 0.6 is 16.1 Å². The number of hydrogen-bond donors (Lipinski definition) is 0. The summed E-state index contributed by atoms with van der Waals surface area (Å²) in [5.41, 5.74) is 2.96. The maximum atomic E-state index is 11.2. The number of benzene rings is 1. The maximum Gasteiger partial charge on any atom is 0.330 e. The molecule has 0 radical (unpaired) electrons. The highest BCUT2D eigenvalue weighted by Gasteiger charge is 2.02. The Balaban J connectivity index is 2.11. The minimum atomic E-state index is -0.329. The summed E-state index contributed by atoms with van der Waals surface area (Å²) in [5, 5.41) is 0. The standard InChI is InChI=1S/C14H13BrN2O2/c1-2-19-14(18)8-5-11-3-6-12(7-4-11)13-9-16-10-17(13)15/h3-10H,2H2,1H3. The minimum absolute atomic E-state index is 0.329. The van der Waals surface area contributed by atoms with Crippen LogP contribution in [0.3, 0.4) is 0 Å². The Morgan fingerprint density at radius 3 is 2.74 bits per heavy atom. The number of esters is 1. The van der Waals surface area contributed by atoms with Crippen molar-refractivity contribution in [2.24, 2.45) is 0 Å². The van der Waals surface area contributed by atoms with E-state index in [0.717, 1.165) is 16.8 Å². The average molecular weight is 321 g/mol. The Hall–Kier alpha value is -1.88. The molecule has 0 aliphatic rings. The summed E-state index contributed by atoms with van der Waals surface area (Å²) in [7, 11) is 0. The van der Waals surface area contributed by atoms with Gasteiger partial charge in [-0.2, -0.15) is 0 Å². The van der Waals surface area contributed by atoms with Crippen LogP contribution in [-0.2, 0) is 9.53 Å². The fourth-order valence-corrected chi connectivity index (χ4v) is 2.00. The summed E-state index contributed by atoms with van der Waals surface area (Å²) in [5.74, 6) is -0.329. The molecule has 98 valence electrons. The van der Waals surface area contributed by atoms with E-state index in [0.29, 0.717) is 6.61 Å². The molecule has 4 nitrogen and oxygen atoms in total. The highest BCUT2D eigenvalue weighted by Crippen LogP contribution is 2.21. The molecule has 0 amide bonds. The Bertz CT molecular complexity index is 588. The van der Waals surface area contributed by atoms with E-state index in [1.165, 1.54) is 6.08 Å². The van der Waals surface area contributed by atoms with Crippen LogP contribution in [0.4, 0.5) is 0 Å². The molecule has 19 heavy (non-hydrogen) atoms. The lowest BCUT2D eigenvalue weighted by Crippen LogP contribution is -1.98. The molecular weight excluding hydrogens is 308 g/mol. The number of aromatic nitrogens is 2. The second-order valence-electron chi connectivity index (χ2n) is 3.80. The first-order valence-electron chi connectivity index (χ1n) is 5.84. The van der Waals surface area contributed by atoms with Crippen molar-refractivity contribution in [1.82, 2.24) is 8.58 Å². The summed E-state index contributed by atoms with van der Waals surface area (Å²) < 4.78 is 6.59. The van der Waals surface area contributed by atoms with Crippen LogP contribution in [0.5, 0.6) is 0 Å². The van der Waals surface area contributed by atoms with Gasteiger partial charge in [-0.25, -0.2) is 9.78 Å². The lowest BCUT2D eigenvalue weighted by atomic mass is 10.1. The molecule has 0 spiro atoms. The summed E-state index contributed by atoms with van der Waals surface area (Å²) >= 11 is 3.37. The van der Waals surface area contributed by atoms with Gasteiger partial charge in [0.05, 0.1) is 34.6 Å². The van der Waals surface area contributed by atoms with Gasteiger partial charge in [-0.1, -0.05) is 24.3 Å². The second-order valence-corrected chi connectivity index (χ2v) is 4.56. The van der Waals surface area contributed by atoms with Gasteiger partial charge in [0.25, 0.3) is 0 Å². The SMILES string of the molecule is CCOC(=O)C=Cc1ccc(-c2cncn2Br)cc1. The number of halogens is 1. The van der Waals surface area contributed by atoms with Crippen molar-refractivity contribution >= 4 is 28.2 Å². The van der Waals surface area contributed by atoms with Crippen molar-refractivity contribution in [3.05, 3.63) is 48.4 Å². The maximum absolute atomic E-state index is 11.2. The molecule has 0 aliphatic carbocycles. The first-order valence-corrected chi connectivity index (χ1v) is 6.55. The molecule has 0 saturated carbocycles. The van der Waals surface area contributed by atoms with E-state index in [1.807, 2.05) is 24.3 Å². The molecule has 2 rings (SSSR count). The zero-order valence-corrected chi connectivity index (χ0v) is 12.0. The number of rotatable bonds is 4. The lowest BCUT2D eigenvalue weighted by molar-refractivity contribution is -0.137. The molecule has 5 heteroatoms. The Morgan fingerprint density at radius 2 is 2.16 bits per heavy atom. The zero-order valence-electron chi connectivity index (χ0n) is 10.4. The van der Waals surface area contributed by atoms with E-state index in [-0.39, 0.29) is 5.97 Å². The first kappa shape index (κ1) is 13.5. The number of ether oxygens (including phenoxy) is 1. The van der Waals surface area contributed by atoms with Crippen molar-refractivity contribution in [2.75, 3.05) is 6.61 Å². The van der Waals surface area contributed by atoms with Crippen LogP contribution in [0.2, 0.25) is 0 Å². The number of nitrogens with zero attached hydrogens (tertiary/aromatic N) is 2.